The first-order valence-electron chi connectivity index (χ1n) is 9.15. The van der Waals surface area contributed by atoms with E-state index in [1.54, 1.807) is 30.6 Å². The molecular weight excluding hydrogens is 356 g/mol. The topological polar surface area (TPSA) is 83.7 Å². The first-order chi connectivity index (χ1) is 13.6. The van der Waals surface area contributed by atoms with E-state index in [-0.39, 0.29) is 17.2 Å². The number of pyridine rings is 1. The van der Waals surface area contributed by atoms with E-state index in [2.05, 4.69) is 27.0 Å². The zero-order valence-corrected chi connectivity index (χ0v) is 15.4. The molecule has 5 rings (SSSR count). The second kappa shape index (κ2) is 6.35. The predicted octanol–water partition coefficient (Wildman–Crippen LogP) is 0.906. The Morgan fingerprint density at radius 3 is 2.75 bits per heavy atom. The summed E-state index contributed by atoms with van der Waals surface area (Å²) in [5.41, 5.74) is 2.04. The zero-order chi connectivity index (χ0) is 19.3. The molecule has 0 amide bonds. The fourth-order valence-electron chi connectivity index (χ4n) is 3.60. The number of carbonyl (C=O) groups is 1. The van der Waals surface area contributed by atoms with Gasteiger partial charge in [-0.1, -0.05) is 6.07 Å². The van der Waals surface area contributed by atoms with Gasteiger partial charge >= 0.3 is 0 Å². The number of ketones is 1. The number of rotatable bonds is 2. The molecule has 0 atom stereocenters. The Hall–Kier alpha value is -3.39. The molecule has 0 spiro atoms. The summed E-state index contributed by atoms with van der Waals surface area (Å²) in [5, 5.41) is 6.95. The minimum atomic E-state index is -0.279. The number of piperazine rings is 1. The first kappa shape index (κ1) is 16.8. The van der Waals surface area contributed by atoms with Gasteiger partial charge in [-0.15, -0.1) is 0 Å². The van der Waals surface area contributed by atoms with Crippen molar-refractivity contribution in [3.8, 4) is 5.69 Å². The normalized spacial score (nSPS) is 16.8. The van der Waals surface area contributed by atoms with Crippen molar-refractivity contribution in [3.05, 3.63) is 64.0 Å². The van der Waals surface area contributed by atoms with Crippen molar-refractivity contribution in [2.45, 2.75) is 0 Å². The van der Waals surface area contributed by atoms with Crippen LogP contribution >= 0.6 is 0 Å². The predicted molar refractivity (Wildman–Crippen MR) is 105 cm³/mol. The van der Waals surface area contributed by atoms with Gasteiger partial charge in [0.05, 0.1) is 28.4 Å². The molecule has 4 heterocycles. The fraction of sp³-hybridized carbons (Fsp3) is 0.250. The Balaban J connectivity index is 1.52. The maximum absolute atomic E-state index is 12.9. The van der Waals surface area contributed by atoms with Crippen molar-refractivity contribution < 1.29 is 4.79 Å². The Labute approximate surface area is 160 Å². The first-order valence-corrected chi connectivity index (χ1v) is 9.15. The van der Waals surface area contributed by atoms with E-state index in [1.165, 1.54) is 10.8 Å². The molecule has 28 heavy (non-hydrogen) atoms. The molecule has 140 valence electrons. The summed E-state index contributed by atoms with van der Waals surface area (Å²) < 4.78 is 1.38. The summed E-state index contributed by atoms with van der Waals surface area (Å²) in [7, 11) is 2.10. The van der Waals surface area contributed by atoms with Gasteiger partial charge in [-0.3, -0.25) is 24.1 Å². The lowest BCUT2D eigenvalue weighted by Gasteiger charge is -2.30. The molecule has 1 fully saturated rings. The van der Waals surface area contributed by atoms with E-state index in [4.69, 9.17) is 0 Å². The number of hydrazone groups is 1. The van der Waals surface area contributed by atoms with Crippen LogP contribution in [0.15, 0.2) is 46.6 Å². The van der Waals surface area contributed by atoms with Gasteiger partial charge in [0.25, 0.3) is 5.56 Å². The van der Waals surface area contributed by atoms with Crippen LogP contribution in [-0.4, -0.2) is 69.7 Å². The zero-order valence-electron chi connectivity index (χ0n) is 15.4. The van der Waals surface area contributed by atoms with E-state index in [1.807, 2.05) is 11.1 Å². The van der Waals surface area contributed by atoms with E-state index in [9.17, 15) is 9.59 Å². The number of aromatic nitrogens is 3. The van der Waals surface area contributed by atoms with Crippen molar-refractivity contribution in [2.75, 3.05) is 33.2 Å². The fourth-order valence-corrected chi connectivity index (χ4v) is 3.60. The van der Waals surface area contributed by atoms with Crippen LogP contribution in [0.25, 0.3) is 16.6 Å². The highest BCUT2D eigenvalue weighted by atomic mass is 16.1. The summed E-state index contributed by atoms with van der Waals surface area (Å²) in [6, 6.07) is 7.05. The van der Waals surface area contributed by atoms with E-state index in [0.717, 1.165) is 31.7 Å². The molecule has 0 saturated carbocycles. The molecule has 0 aliphatic carbocycles. The highest BCUT2D eigenvalue weighted by Crippen LogP contribution is 2.26. The number of benzene rings is 1. The summed E-state index contributed by atoms with van der Waals surface area (Å²) in [6.07, 6.45) is 4.81. The summed E-state index contributed by atoms with van der Waals surface area (Å²) >= 11 is 0. The third-order valence-electron chi connectivity index (χ3n) is 5.23. The smallest absolute Gasteiger partial charge is 0.267 e. The molecule has 8 heteroatoms. The molecule has 0 radical (unpaired) electrons. The van der Waals surface area contributed by atoms with Crippen molar-refractivity contribution >= 4 is 22.9 Å². The molecule has 0 bridgehead atoms. The molecular formula is C20H18N6O2. The van der Waals surface area contributed by atoms with Gasteiger partial charge in [-0.05, 0) is 30.8 Å². The van der Waals surface area contributed by atoms with Crippen molar-refractivity contribution in [3.63, 3.8) is 0 Å². The average molecular weight is 374 g/mol. The van der Waals surface area contributed by atoms with Crippen LogP contribution < -0.4 is 5.56 Å². The second-order valence-corrected chi connectivity index (χ2v) is 7.08. The molecule has 0 N–H and O–H groups in total. The van der Waals surface area contributed by atoms with Gasteiger partial charge in [-0.25, -0.2) is 4.98 Å². The van der Waals surface area contributed by atoms with Gasteiger partial charge in [0, 0.05) is 38.6 Å². The SMILES string of the molecule is CN1CCN(/N=C/c2ccc3c(c2)C(=O)c2nc4ccncc4c(=O)n2-3)CC1. The van der Waals surface area contributed by atoms with Gasteiger partial charge < -0.3 is 4.90 Å². The minimum absolute atomic E-state index is 0.145. The van der Waals surface area contributed by atoms with Crippen LogP contribution in [-0.2, 0) is 0 Å². The Morgan fingerprint density at radius 2 is 1.93 bits per heavy atom. The van der Waals surface area contributed by atoms with Crippen molar-refractivity contribution in [1.82, 2.24) is 24.4 Å². The summed E-state index contributed by atoms with van der Waals surface area (Å²) in [6.45, 7) is 3.71. The highest BCUT2D eigenvalue weighted by Gasteiger charge is 2.30. The lowest BCUT2D eigenvalue weighted by Crippen LogP contribution is -2.41. The monoisotopic (exact) mass is 374 g/mol. The molecule has 2 aromatic heterocycles. The third-order valence-corrected chi connectivity index (χ3v) is 5.23. The van der Waals surface area contributed by atoms with E-state index < -0.39 is 0 Å². The highest BCUT2D eigenvalue weighted by molar-refractivity contribution is 6.14. The molecule has 0 unspecified atom stereocenters. The number of hydrogen-bond acceptors (Lipinski definition) is 7. The van der Waals surface area contributed by atoms with Crippen LogP contribution in [0.1, 0.15) is 21.7 Å². The molecule has 2 aliphatic heterocycles. The summed E-state index contributed by atoms with van der Waals surface area (Å²) in [4.78, 5) is 36.4. The maximum atomic E-state index is 12.9. The Kier molecular flexibility index (Phi) is 3.80. The second-order valence-electron chi connectivity index (χ2n) is 7.08. The van der Waals surface area contributed by atoms with Gasteiger partial charge in [-0.2, -0.15) is 5.10 Å². The lowest BCUT2D eigenvalue weighted by molar-refractivity contribution is 0.103. The number of fused-ring (bicyclic) bond motifs is 4. The largest absolute Gasteiger partial charge is 0.303 e. The van der Waals surface area contributed by atoms with E-state index >= 15 is 0 Å². The quantitative estimate of drug-likeness (QED) is 0.485. The average Bonchev–Trinajstić information content (AvgIpc) is 3.00. The molecule has 1 aromatic carbocycles. The molecule has 8 nitrogen and oxygen atoms in total. The molecule has 3 aromatic rings. The van der Waals surface area contributed by atoms with Crippen LogP contribution in [0.4, 0.5) is 0 Å². The Bertz CT molecular complexity index is 1190. The molecule has 1 saturated heterocycles. The molecule has 2 aliphatic rings. The summed E-state index contributed by atoms with van der Waals surface area (Å²) in [5.74, 6) is -0.104. The number of likely N-dealkylation sites (N-methyl/N-ethyl adjacent to an activating group) is 1. The number of nitrogens with zero attached hydrogens (tertiary/aromatic N) is 6. The van der Waals surface area contributed by atoms with Crippen molar-refractivity contribution in [2.24, 2.45) is 5.10 Å². The maximum Gasteiger partial charge on any atom is 0.267 e. The minimum Gasteiger partial charge on any atom is -0.303 e. The van der Waals surface area contributed by atoms with Crippen molar-refractivity contribution in [1.29, 1.82) is 0 Å². The van der Waals surface area contributed by atoms with Gasteiger partial charge in [0.2, 0.25) is 5.78 Å². The van der Waals surface area contributed by atoms with Crippen LogP contribution in [0.5, 0.6) is 0 Å². The van der Waals surface area contributed by atoms with E-state index in [0.29, 0.717) is 22.2 Å². The Morgan fingerprint density at radius 1 is 1.11 bits per heavy atom. The lowest BCUT2D eigenvalue weighted by atomic mass is 10.1. The van der Waals surface area contributed by atoms with Crippen LogP contribution in [0.2, 0.25) is 0 Å². The standard InChI is InChI=1S/C20H18N6O2/c1-24-6-8-25(9-7-24)22-11-13-2-3-17-14(10-13)18(27)19-23-16-4-5-21-12-15(16)20(28)26(17)19/h2-5,10-12H,6-9H2,1H3/b22-11+. The van der Waals surface area contributed by atoms with Gasteiger partial charge in [0.1, 0.15) is 0 Å². The third kappa shape index (κ3) is 2.61. The van der Waals surface area contributed by atoms with Crippen LogP contribution in [0.3, 0.4) is 0 Å². The van der Waals surface area contributed by atoms with Gasteiger partial charge in [0.15, 0.2) is 5.82 Å². The number of hydrogen-bond donors (Lipinski definition) is 0. The van der Waals surface area contributed by atoms with Crippen LogP contribution in [0, 0.1) is 0 Å². The number of carbonyl (C=O) groups excluding carboxylic acids is 1.